The van der Waals surface area contributed by atoms with E-state index in [2.05, 4.69) is 32.4 Å². The van der Waals surface area contributed by atoms with E-state index in [1.807, 2.05) is 24.6 Å². The minimum Gasteiger partial charge on any atom is -0.490 e. The number of amides is 1. The Bertz CT molecular complexity index is 1360. The van der Waals surface area contributed by atoms with Crippen molar-refractivity contribution in [2.75, 3.05) is 5.32 Å². The maximum absolute atomic E-state index is 13.8. The van der Waals surface area contributed by atoms with Crippen LogP contribution in [0.25, 0.3) is 22.3 Å². The van der Waals surface area contributed by atoms with Crippen LogP contribution < -0.4 is 10.1 Å². The monoisotopic (exact) mass is 474 g/mol. The van der Waals surface area contributed by atoms with E-state index in [0.717, 1.165) is 18.4 Å². The van der Waals surface area contributed by atoms with E-state index in [-0.39, 0.29) is 29.7 Å². The van der Waals surface area contributed by atoms with E-state index < -0.39 is 0 Å². The zero-order chi connectivity index (χ0) is 24.5. The van der Waals surface area contributed by atoms with Gasteiger partial charge in [-0.15, -0.1) is 10.2 Å². The highest BCUT2D eigenvalue weighted by atomic mass is 19.1. The summed E-state index contributed by atoms with van der Waals surface area (Å²) in [5, 5.41) is 11.6. The fourth-order valence-electron chi connectivity index (χ4n) is 4.97. The van der Waals surface area contributed by atoms with Gasteiger partial charge >= 0.3 is 0 Å². The van der Waals surface area contributed by atoms with E-state index in [0.29, 0.717) is 34.2 Å². The molecule has 35 heavy (non-hydrogen) atoms. The van der Waals surface area contributed by atoms with Gasteiger partial charge in [-0.1, -0.05) is 13.8 Å². The lowest BCUT2D eigenvalue weighted by Crippen LogP contribution is -2.29. The maximum atomic E-state index is 13.8. The number of pyridine rings is 2. The molecule has 1 amide bonds. The molecule has 1 aliphatic rings. The van der Waals surface area contributed by atoms with Gasteiger partial charge in [0, 0.05) is 36.3 Å². The molecule has 3 heterocycles. The molecule has 4 unspecified atom stereocenters. The lowest BCUT2D eigenvalue weighted by atomic mass is 9.85. The second-order valence-corrected chi connectivity index (χ2v) is 9.30. The van der Waals surface area contributed by atoms with E-state index in [9.17, 15) is 9.18 Å². The zero-order valence-corrected chi connectivity index (χ0v) is 19.9. The summed E-state index contributed by atoms with van der Waals surface area (Å²) in [5.41, 5.74) is 1.51. The summed E-state index contributed by atoms with van der Waals surface area (Å²) in [6.45, 7) is 4.10. The SMILES string of the molecule is CC1CC(Oc2ccnc3ccc(F)cc23)CC1C(C)C(=O)Nc1ccc(-c2nncn2C)cn1. The van der Waals surface area contributed by atoms with Crippen LogP contribution in [0.4, 0.5) is 10.2 Å². The van der Waals surface area contributed by atoms with Crippen molar-refractivity contribution in [2.24, 2.45) is 24.8 Å². The van der Waals surface area contributed by atoms with Gasteiger partial charge in [0.25, 0.3) is 0 Å². The molecule has 9 heteroatoms. The third-order valence-electron chi connectivity index (χ3n) is 6.90. The van der Waals surface area contributed by atoms with Crippen molar-refractivity contribution in [2.45, 2.75) is 32.8 Å². The summed E-state index contributed by atoms with van der Waals surface area (Å²) in [7, 11) is 1.86. The number of hydrogen-bond acceptors (Lipinski definition) is 6. The fourth-order valence-corrected chi connectivity index (χ4v) is 4.97. The first kappa shape index (κ1) is 22.9. The molecule has 3 aromatic heterocycles. The minimum atomic E-state index is -0.323. The number of benzene rings is 1. The molecule has 1 fully saturated rings. The third-order valence-corrected chi connectivity index (χ3v) is 6.90. The topological polar surface area (TPSA) is 94.8 Å². The Morgan fingerprint density at radius 2 is 2.06 bits per heavy atom. The molecule has 1 saturated carbocycles. The van der Waals surface area contributed by atoms with E-state index in [4.69, 9.17) is 4.74 Å². The highest BCUT2D eigenvalue weighted by Crippen LogP contribution is 2.40. The molecule has 4 aromatic rings. The van der Waals surface area contributed by atoms with Gasteiger partial charge in [0.15, 0.2) is 5.82 Å². The molecule has 180 valence electrons. The normalized spacial score (nSPS) is 20.6. The van der Waals surface area contributed by atoms with Gasteiger partial charge in [0.2, 0.25) is 5.91 Å². The Balaban J connectivity index is 1.23. The van der Waals surface area contributed by atoms with Crippen LogP contribution >= 0.6 is 0 Å². The van der Waals surface area contributed by atoms with Crippen molar-refractivity contribution in [3.8, 4) is 17.1 Å². The summed E-state index contributed by atoms with van der Waals surface area (Å²) in [5.74, 6) is 1.67. The number of anilines is 1. The average Bonchev–Trinajstić information content (AvgIpc) is 3.44. The molecule has 0 bridgehead atoms. The van der Waals surface area contributed by atoms with Crippen molar-refractivity contribution < 1.29 is 13.9 Å². The second-order valence-electron chi connectivity index (χ2n) is 9.30. The van der Waals surface area contributed by atoms with Gasteiger partial charge in [-0.25, -0.2) is 9.37 Å². The van der Waals surface area contributed by atoms with Gasteiger partial charge in [-0.05, 0) is 61.1 Å². The zero-order valence-electron chi connectivity index (χ0n) is 19.9. The van der Waals surface area contributed by atoms with Gasteiger partial charge in [-0.2, -0.15) is 0 Å². The van der Waals surface area contributed by atoms with Gasteiger partial charge in [-0.3, -0.25) is 9.78 Å². The van der Waals surface area contributed by atoms with Crippen LogP contribution in [-0.2, 0) is 11.8 Å². The quantitative estimate of drug-likeness (QED) is 0.438. The molecule has 1 aliphatic carbocycles. The Morgan fingerprint density at radius 1 is 1.20 bits per heavy atom. The highest BCUT2D eigenvalue weighted by molar-refractivity contribution is 5.91. The van der Waals surface area contributed by atoms with Crippen molar-refractivity contribution in [3.05, 3.63) is 60.9 Å². The van der Waals surface area contributed by atoms with Crippen molar-refractivity contribution in [1.29, 1.82) is 0 Å². The number of rotatable bonds is 6. The number of fused-ring (bicyclic) bond motifs is 1. The summed E-state index contributed by atoms with van der Waals surface area (Å²) < 4.78 is 21.9. The number of aryl methyl sites for hydroxylation is 1. The molecule has 1 aromatic carbocycles. The summed E-state index contributed by atoms with van der Waals surface area (Å²) in [4.78, 5) is 21.7. The molecule has 4 atom stereocenters. The van der Waals surface area contributed by atoms with Crippen LogP contribution in [0.2, 0.25) is 0 Å². The molecular weight excluding hydrogens is 447 g/mol. The number of halogens is 1. The highest BCUT2D eigenvalue weighted by Gasteiger charge is 2.38. The number of carbonyl (C=O) groups is 1. The van der Waals surface area contributed by atoms with E-state index in [1.165, 1.54) is 12.1 Å². The number of aromatic nitrogens is 5. The van der Waals surface area contributed by atoms with E-state index in [1.54, 1.807) is 36.9 Å². The molecule has 0 spiro atoms. The summed E-state index contributed by atoms with van der Waals surface area (Å²) in [6, 6.07) is 9.90. The maximum Gasteiger partial charge on any atom is 0.228 e. The molecule has 8 nitrogen and oxygen atoms in total. The van der Waals surface area contributed by atoms with Crippen LogP contribution in [0.15, 0.2) is 55.1 Å². The molecular formula is C26H27FN6O2. The Morgan fingerprint density at radius 3 is 2.80 bits per heavy atom. The molecule has 0 radical (unpaired) electrons. The fraction of sp³-hybridized carbons (Fsp3) is 0.346. The van der Waals surface area contributed by atoms with Gasteiger partial charge in [0.1, 0.15) is 23.7 Å². The van der Waals surface area contributed by atoms with Crippen molar-refractivity contribution >= 4 is 22.6 Å². The molecule has 5 rings (SSSR count). The number of ether oxygens (including phenoxy) is 1. The largest absolute Gasteiger partial charge is 0.490 e. The number of nitrogens with one attached hydrogen (secondary N) is 1. The summed E-state index contributed by atoms with van der Waals surface area (Å²) in [6.07, 6.45) is 6.49. The van der Waals surface area contributed by atoms with E-state index >= 15 is 0 Å². The minimum absolute atomic E-state index is 0.0529. The second kappa shape index (κ2) is 9.40. The number of nitrogens with zero attached hydrogens (tertiary/aromatic N) is 5. The van der Waals surface area contributed by atoms with Crippen LogP contribution in [-0.4, -0.2) is 36.7 Å². The predicted octanol–water partition coefficient (Wildman–Crippen LogP) is 4.63. The molecule has 1 N–H and O–H groups in total. The summed E-state index contributed by atoms with van der Waals surface area (Å²) >= 11 is 0. The Labute approximate surface area is 202 Å². The smallest absolute Gasteiger partial charge is 0.228 e. The third kappa shape index (κ3) is 4.71. The van der Waals surface area contributed by atoms with Crippen LogP contribution in [0.3, 0.4) is 0 Å². The van der Waals surface area contributed by atoms with Crippen molar-refractivity contribution in [3.63, 3.8) is 0 Å². The van der Waals surface area contributed by atoms with Crippen LogP contribution in [0, 0.1) is 23.6 Å². The first-order valence-electron chi connectivity index (χ1n) is 11.7. The predicted molar refractivity (Wildman–Crippen MR) is 130 cm³/mol. The Kier molecular flexibility index (Phi) is 6.15. The van der Waals surface area contributed by atoms with Crippen molar-refractivity contribution in [1.82, 2.24) is 24.7 Å². The lowest BCUT2D eigenvalue weighted by molar-refractivity contribution is -0.121. The number of carbonyl (C=O) groups excluding carboxylic acids is 1. The van der Waals surface area contributed by atoms with Gasteiger partial charge in [0.05, 0.1) is 11.6 Å². The molecule has 0 saturated heterocycles. The average molecular weight is 475 g/mol. The first-order chi connectivity index (χ1) is 16.9. The standard InChI is InChI=1S/C26H27FN6O2/c1-15-10-19(35-23-8-9-28-22-6-5-18(27)11-21(22)23)12-20(15)16(2)26(34)31-24-7-4-17(13-29-24)25-32-30-14-33(25)3/h4-9,11,13-16,19-20H,10,12H2,1-3H3,(H,29,31,34). The van der Waals surface area contributed by atoms with Crippen LogP contribution in [0.5, 0.6) is 5.75 Å². The first-order valence-corrected chi connectivity index (χ1v) is 11.7. The van der Waals surface area contributed by atoms with Gasteiger partial charge < -0.3 is 14.6 Å². The van der Waals surface area contributed by atoms with Crippen LogP contribution in [0.1, 0.15) is 26.7 Å². The Hall–Kier alpha value is -3.88. The lowest BCUT2D eigenvalue weighted by Gasteiger charge is -2.22. The number of hydrogen-bond donors (Lipinski definition) is 1. The molecule has 0 aliphatic heterocycles.